The van der Waals surface area contributed by atoms with Gasteiger partial charge in [0.2, 0.25) is 0 Å². The van der Waals surface area contributed by atoms with Crippen LogP contribution in [0.5, 0.6) is 5.75 Å². The number of amides is 2. The third-order valence-corrected chi connectivity index (χ3v) is 5.22. The molecule has 1 aromatic heterocycles. The van der Waals surface area contributed by atoms with E-state index in [0.717, 1.165) is 36.3 Å². The van der Waals surface area contributed by atoms with Crippen LogP contribution < -0.4 is 15.4 Å². The van der Waals surface area contributed by atoms with Crippen molar-refractivity contribution in [2.75, 3.05) is 31.6 Å². The number of H-pyrrole nitrogens is 1. The summed E-state index contributed by atoms with van der Waals surface area (Å²) in [7, 11) is 0. The third-order valence-electron chi connectivity index (χ3n) is 5.22. The predicted molar refractivity (Wildman–Crippen MR) is 117 cm³/mol. The molecule has 2 amide bonds. The summed E-state index contributed by atoms with van der Waals surface area (Å²) in [5, 5.41) is 12.7. The first-order valence-corrected chi connectivity index (χ1v) is 10.3. The molecule has 0 saturated carbocycles. The number of likely N-dealkylation sites (tertiary alicyclic amines) is 1. The molecule has 1 saturated heterocycles. The van der Waals surface area contributed by atoms with E-state index in [0.29, 0.717) is 24.6 Å². The Balaban J connectivity index is 1.42. The van der Waals surface area contributed by atoms with Gasteiger partial charge in [0.25, 0.3) is 0 Å². The van der Waals surface area contributed by atoms with E-state index >= 15 is 0 Å². The van der Waals surface area contributed by atoms with Crippen LogP contribution in [0.15, 0.2) is 60.9 Å². The summed E-state index contributed by atoms with van der Waals surface area (Å²) in [5.41, 5.74) is 3.65. The molecule has 0 atom stereocenters. The molecule has 7 heteroatoms. The molecular weight excluding hydrogens is 378 g/mol. The van der Waals surface area contributed by atoms with Crippen molar-refractivity contribution in [1.82, 2.24) is 20.4 Å². The summed E-state index contributed by atoms with van der Waals surface area (Å²) in [4.78, 5) is 14.8. The van der Waals surface area contributed by atoms with E-state index < -0.39 is 0 Å². The van der Waals surface area contributed by atoms with Gasteiger partial charge in [0.1, 0.15) is 12.4 Å². The molecule has 156 valence electrons. The number of hydrogen-bond donors (Lipinski definition) is 3. The molecule has 4 rings (SSSR count). The maximum Gasteiger partial charge on any atom is 0.319 e. The summed E-state index contributed by atoms with van der Waals surface area (Å²) < 4.78 is 6.09. The number of aromatic amines is 1. The molecule has 0 aliphatic carbocycles. The van der Waals surface area contributed by atoms with E-state index in [2.05, 4.69) is 25.7 Å². The first-order chi connectivity index (χ1) is 14.8. The Morgan fingerprint density at radius 2 is 1.93 bits per heavy atom. The Labute approximate surface area is 176 Å². The highest BCUT2D eigenvalue weighted by molar-refractivity contribution is 5.91. The Kier molecular flexibility index (Phi) is 6.61. The molecule has 0 spiro atoms. The van der Waals surface area contributed by atoms with E-state index in [9.17, 15) is 4.79 Å². The van der Waals surface area contributed by atoms with Crippen molar-refractivity contribution in [3.63, 3.8) is 0 Å². The largest absolute Gasteiger partial charge is 0.490 e. The molecule has 1 fully saturated rings. The zero-order chi connectivity index (χ0) is 20.6. The lowest BCUT2D eigenvalue weighted by atomic mass is 10.1. The third kappa shape index (κ3) is 5.39. The van der Waals surface area contributed by atoms with Crippen LogP contribution in [0.2, 0.25) is 0 Å². The van der Waals surface area contributed by atoms with Crippen molar-refractivity contribution in [1.29, 1.82) is 0 Å². The van der Waals surface area contributed by atoms with E-state index in [1.165, 1.54) is 12.8 Å². The molecule has 30 heavy (non-hydrogen) atoms. The smallest absolute Gasteiger partial charge is 0.319 e. The zero-order valence-corrected chi connectivity index (χ0v) is 16.9. The fraction of sp³-hybridized carbons (Fsp3) is 0.304. The van der Waals surface area contributed by atoms with Crippen LogP contribution in [0.25, 0.3) is 11.1 Å². The highest BCUT2D eigenvalue weighted by atomic mass is 16.5. The van der Waals surface area contributed by atoms with Gasteiger partial charge in [0.05, 0.1) is 11.9 Å². The summed E-state index contributed by atoms with van der Waals surface area (Å²) in [6, 6.07) is 15.3. The second-order valence-electron chi connectivity index (χ2n) is 7.39. The molecule has 2 aromatic carbocycles. The van der Waals surface area contributed by atoms with E-state index in [1.54, 1.807) is 6.20 Å². The lowest BCUT2D eigenvalue weighted by Crippen LogP contribution is -2.28. The molecule has 1 aliphatic rings. The number of rotatable bonds is 8. The van der Waals surface area contributed by atoms with Gasteiger partial charge in [-0.05, 0) is 49.2 Å². The normalized spacial score (nSPS) is 13.9. The molecule has 7 nitrogen and oxygen atoms in total. The van der Waals surface area contributed by atoms with Gasteiger partial charge in [-0.3, -0.25) is 10.00 Å². The van der Waals surface area contributed by atoms with Gasteiger partial charge in [0.15, 0.2) is 0 Å². The van der Waals surface area contributed by atoms with Crippen molar-refractivity contribution in [2.45, 2.75) is 19.4 Å². The molecule has 0 radical (unpaired) electrons. The van der Waals surface area contributed by atoms with Gasteiger partial charge in [-0.1, -0.05) is 36.4 Å². The Bertz CT molecular complexity index is 937. The number of benzene rings is 2. The van der Waals surface area contributed by atoms with Gasteiger partial charge in [-0.25, -0.2) is 4.79 Å². The van der Waals surface area contributed by atoms with Crippen LogP contribution in [-0.2, 0) is 6.54 Å². The zero-order valence-electron chi connectivity index (χ0n) is 16.9. The quantitative estimate of drug-likeness (QED) is 0.531. The summed E-state index contributed by atoms with van der Waals surface area (Å²) in [6.07, 6.45) is 6.11. The van der Waals surface area contributed by atoms with Crippen LogP contribution in [0, 0.1) is 0 Å². The molecular formula is C23H27N5O2. The maximum atomic E-state index is 12.4. The van der Waals surface area contributed by atoms with E-state index in [1.807, 2.05) is 54.7 Å². The fourth-order valence-electron chi connectivity index (χ4n) is 3.57. The second-order valence-corrected chi connectivity index (χ2v) is 7.39. The van der Waals surface area contributed by atoms with E-state index in [4.69, 9.17) is 4.74 Å². The molecule has 3 N–H and O–H groups in total. The molecule has 0 bridgehead atoms. The second kappa shape index (κ2) is 9.93. The molecule has 1 aliphatic heterocycles. The van der Waals surface area contributed by atoms with Crippen molar-refractivity contribution >= 4 is 11.7 Å². The minimum absolute atomic E-state index is 0.265. The van der Waals surface area contributed by atoms with E-state index in [-0.39, 0.29) is 6.03 Å². The number of nitrogens with one attached hydrogen (secondary N) is 3. The van der Waals surface area contributed by atoms with Crippen molar-refractivity contribution < 1.29 is 9.53 Å². The van der Waals surface area contributed by atoms with Crippen molar-refractivity contribution in [3.8, 4) is 16.9 Å². The average molecular weight is 406 g/mol. The highest BCUT2D eigenvalue weighted by Gasteiger charge is 2.14. The van der Waals surface area contributed by atoms with Crippen LogP contribution >= 0.6 is 0 Å². The summed E-state index contributed by atoms with van der Waals surface area (Å²) in [6.45, 7) is 4.19. The fourth-order valence-corrected chi connectivity index (χ4v) is 3.57. The first-order valence-electron chi connectivity index (χ1n) is 10.3. The predicted octanol–water partition coefficient (Wildman–Crippen LogP) is 3.87. The highest BCUT2D eigenvalue weighted by Crippen LogP contribution is 2.30. The maximum absolute atomic E-state index is 12.4. The molecule has 3 aromatic rings. The number of hydrogen-bond acceptors (Lipinski definition) is 4. The Morgan fingerprint density at radius 1 is 1.10 bits per heavy atom. The molecule has 0 unspecified atom stereocenters. The van der Waals surface area contributed by atoms with Gasteiger partial charge in [-0.2, -0.15) is 5.10 Å². The van der Waals surface area contributed by atoms with Gasteiger partial charge >= 0.3 is 6.03 Å². The number of anilines is 1. The molecule has 2 heterocycles. The minimum Gasteiger partial charge on any atom is -0.490 e. The van der Waals surface area contributed by atoms with Gasteiger partial charge in [0, 0.05) is 24.8 Å². The minimum atomic E-state index is -0.265. The average Bonchev–Trinajstić information content (AvgIpc) is 3.49. The summed E-state index contributed by atoms with van der Waals surface area (Å²) in [5.74, 6) is 0.655. The Morgan fingerprint density at radius 3 is 2.70 bits per heavy atom. The first kappa shape index (κ1) is 20.0. The van der Waals surface area contributed by atoms with Crippen LogP contribution in [0.3, 0.4) is 0 Å². The van der Waals surface area contributed by atoms with Gasteiger partial charge in [-0.15, -0.1) is 0 Å². The van der Waals surface area contributed by atoms with Gasteiger partial charge < -0.3 is 15.4 Å². The van der Waals surface area contributed by atoms with Crippen LogP contribution in [0.1, 0.15) is 18.4 Å². The van der Waals surface area contributed by atoms with Crippen molar-refractivity contribution in [2.24, 2.45) is 0 Å². The SMILES string of the molecule is O=C(NCc1ccccc1)Nc1ccc(-c2cn[nH]c2)cc1OCCN1CCCC1. The van der Waals surface area contributed by atoms with Crippen LogP contribution in [0.4, 0.5) is 10.5 Å². The number of carbonyl (C=O) groups is 1. The number of ether oxygens (including phenoxy) is 1. The topological polar surface area (TPSA) is 82.3 Å². The number of carbonyl (C=O) groups excluding carboxylic acids is 1. The Hall–Kier alpha value is -3.32. The number of nitrogens with zero attached hydrogens (tertiary/aromatic N) is 2. The standard InChI is InChI=1S/C23H27N5O2/c29-23(24-15-18-6-2-1-3-7-18)27-21-9-8-19(20-16-25-26-17-20)14-22(21)30-13-12-28-10-4-5-11-28/h1-3,6-9,14,16-17H,4-5,10-13,15H2,(H,25,26)(H2,24,27,29). The lowest BCUT2D eigenvalue weighted by molar-refractivity contribution is 0.238. The monoisotopic (exact) mass is 405 g/mol. The summed E-state index contributed by atoms with van der Waals surface area (Å²) >= 11 is 0. The lowest BCUT2D eigenvalue weighted by Gasteiger charge is -2.18. The van der Waals surface area contributed by atoms with Crippen LogP contribution in [-0.4, -0.2) is 47.4 Å². The number of aromatic nitrogens is 2. The van der Waals surface area contributed by atoms with Crippen molar-refractivity contribution in [3.05, 3.63) is 66.5 Å². The number of urea groups is 1.